The third-order valence-corrected chi connectivity index (χ3v) is 9.62. The molecule has 8 atom stereocenters. The number of fused-ring (bicyclic) bond motifs is 3. The topological polar surface area (TPSA) is 78.9 Å². The summed E-state index contributed by atoms with van der Waals surface area (Å²) in [5.41, 5.74) is 0.245. The molecule has 4 rings (SSSR count). The van der Waals surface area contributed by atoms with E-state index in [2.05, 4.69) is 27.4 Å². The molecule has 0 radical (unpaired) electrons. The van der Waals surface area contributed by atoms with E-state index < -0.39 is 11.5 Å². The number of hydrogen-bond donors (Lipinski definition) is 0. The normalized spacial score (nSPS) is 44.1. The second-order valence-electron chi connectivity index (χ2n) is 11.6. The first-order valence-corrected chi connectivity index (χ1v) is 12.0. The molecule has 4 fully saturated rings. The van der Waals surface area contributed by atoms with Crippen LogP contribution in [0.15, 0.2) is 12.2 Å². The second-order valence-corrected chi connectivity index (χ2v) is 11.6. The van der Waals surface area contributed by atoms with Gasteiger partial charge in [-0.3, -0.25) is 14.4 Å². The third kappa shape index (κ3) is 3.23. The fourth-order valence-corrected chi connectivity index (χ4v) is 8.55. The van der Waals surface area contributed by atoms with Crippen LogP contribution in [-0.4, -0.2) is 36.2 Å². The summed E-state index contributed by atoms with van der Waals surface area (Å²) in [6.45, 7) is 15.5. The number of rotatable bonds is 3. The Morgan fingerprint density at radius 2 is 1.44 bits per heavy atom. The molecule has 0 heterocycles. The van der Waals surface area contributed by atoms with E-state index in [1.807, 2.05) is 0 Å². The highest BCUT2D eigenvalue weighted by molar-refractivity contribution is 5.68. The van der Waals surface area contributed by atoms with Crippen LogP contribution in [0, 0.1) is 34.0 Å². The van der Waals surface area contributed by atoms with Gasteiger partial charge in [0.15, 0.2) is 0 Å². The lowest BCUT2D eigenvalue weighted by atomic mass is 9.39. The maximum Gasteiger partial charge on any atom is 0.303 e. The fraction of sp³-hybridized carbons (Fsp3) is 0.808. The largest absolute Gasteiger partial charge is 0.462 e. The van der Waals surface area contributed by atoms with Crippen molar-refractivity contribution in [3.05, 3.63) is 12.2 Å². The molecule has 0 aromatic heterocycles. The predicted octanol–water partition coefficient (Wildman–Crippen LogP) is 4.60. The van der Waals surface area contributed by atoms with Gasteiger partial charge in [0, 0.05) is 26.2 Å². The van der Waals surface area contributed by atoms with Gasteiger partial charge in [0.2, 0.25) is 0 Å². The highest BCUT2D eigenvalue weighted by Crippen LogP contribution is 2.73. The van der Waals surface area contributed by atoms with Crippen LogP contribution in [-0.2, 0) is 28.6 Å². The molecule has 32 heavy (non-hydrogen) atoms. The first-order valence-electron chi connectivity index (χ1n) is 12.0. The van der Waals surface area contributed by atoms with Crippen LogP contribution in [0.3, 0.4) is 0 Å². The van der Waals surface area contributed by atoms with Gasteiger partial charge in [0.05, 0.1) is 5.41 Å². The van der Waals surface area contributed by atoms with Crippen molar-refractivity contribution in [3.8, 4) is 0 Å². The molecule has 6 nitrogen and oxygen atoms in total. The summed E-state index contributed by atoms with van der Waals surface area (Å²) in [4.78, 5) is 36.2. The van der Waals surface area contributed by atoms with Gasteiger partial charge >= 0.3 is 17.9 Å². The molecule has 0 aromatic rings. The number of carbonyl (C=O) groups excluding carboxylic acids is 3. The van der Waals surface area contributed by atoms with Crippen LogP contribution in [0.4, 0.5) is 0 Å². The molecule has 1 spiro atoms. The minimum atomic E-state index is -0.438. The Hall–Kier alpha value is -1.85. The first kappa shape index (κ1) is 23.3. The highest BCUT2D eigenvalue weighted by atomic mass is 16.6. The van der Waals surface area contributed by atoms with Crippen molar-refractivity contribution in [1.82, 2.24) is 0 Å². The molecule has 4 aliphatic rings. The summed E-state index contributed by atoms with van der Waals surface area (Å²) >= 11 is 0. The summed E-state index contributed by atoms with van der Waals surface area (Å²) < 4.78 is 17.8. The zero-order valence-corrected chi connectivity index (χ0v) is 20.4. The zero-order chi connectivity index (χ0) is 23.6. The van der Waals surface area contributed by atoms with Crippen LogP contribution >= 0.6 is 0 Å². The molecule has 0 aromatic carbocycles. The Kier molecular flexibility index (Phi) is 5.53. The van der Waals surface area contributed by atoms with Crippen molar-refractivity contribution in [2.75, 3.05) is 0 Å². The smallest absolute Gasteiger partial charge is 0.303 e. The van der Waals surface area contributed by atoms with Crippen molar-refractivity contribution in [2.24, 2.45) is 34.0 Å². The average molecular weight is 447 g/mol. The van der Waals surface area contributed by atoms with Gasteiger partial charge in [-0.05, 0) is 67.3 Å². The highest BCUT2D eigenvalue weighted by Gasteiger charge is 2.72. The van der Waals surface area contributed by atoms with E-state index in [0.717, 1.165) is 37.7 Å². The Morgan fingerprint density at radius 1 is 0.844 bits per heavy atom. The Bertz CT molecular complexity index is 845. The second kappa shape index (κ2) is 7.59. The summed E-state index contributed by atoms with van der Waals surface area (Å²) in [6.07, 6.45) is 4.35. The summed E-state index contributed by atoms with van der Waals surface area (Å²) in [5, 5.41) is 0. The van der Waals surface area contributed by atoms with Gasteiger partial charge in [-0.25, -0.2) is 0 Å². The maximum atomic E-state index is 12.3. The molecule has 0 amide bonds. The van der Waals surface area contributed by atoms with Gasteiger partial charge in [0.25, 0.3) is 0 Å². The van der Waals surface area contributed by atoms with Crippen molar-refractivity contribution in [1.29, 1.82) is 0 Å². The van der Waals surface area contributed by atoms with E-state index in [9.17, 15) is 14.4 Å². The maximum absolute atomic E-state index is 12.3. The molecule has 2 bridgehead atoms. The van der Waals surface area contributed by atoms with Crippen LogP contribution in [0.25, 0.3) is 0 Å². The van der Waals surface area contributed by atoms with E-state index in [1.165, 1.54) is 20.8 Å². The fourth-order valence-electron chi connectivity index (χ4n) is 8.55. The van der Waals surface area contributed by atoms with Gasteiger partial charge in [-0.15, -0.1) is 0 Å². The third-order valence-electron chi connectivity index (χ3n) is 9.62. The minimum absolute atomic E-state index is 0.0369. The number of hydrogen-bond acceptors (Lipinski definition) is 6. The monoisotopic (exact) mass is 446 g/mol. The van der Waals surface area contributed by atoms with E-state index in [0.29, 0.717) is 12.3 Å². The molecule has 0 saturated heterocycles. The number of ether oxygens (including phenoxy) is 3. The standard InChI is InChI=1S/C26H38O6/c1-14-18-8-9-19-25(7)11-10-21(30-15(2)27)24(5,6)20(25)12-22(31-16(3)28)26(19,13-18)23(14)32-17(4)29/h18-23H,1,8-13H2,2-7H3/t18-,19+,20?,21-,22-,23-,25+,26-/m1/s1. The lowest BCUT2D eigenvalue weighted by Crippen LogP contribution is -2.66. The molecule has 0 aliphatic heterocycles. The molecule has 4 aliphatic carbocycles. The molecule has 4 saturated carbocycles. The van der Waals surface area contributed by atoms with Crippen molar-refractivity contribution < 1.29 is 28.6 Å². The van der Waals surface area contributed by atoms with E-state index >= 15 is 0 Å². The molecule has 1 unspecified atom stereocenters. The van der Waals surface area contributed by atoms with Crippen LogP contribution in [0.1, 0.15) is 80.1 Å². The van der Waals surface area contributed by atoms with E-state index in [-0.39, 0.29) is 52.8 Å². The van der Waals surface area contributed by atoms with Crippen LogP contribution in [0.2, 0.25) is 0 Å². The first-order chi connectivity index (χ1) is 14.8. The summed E-state index contributed by atoms with van der Waals surface area (Å²) in [6, 6.07) is 0. The predicted molar refractivity (Wildman–Crippen MR) is 118 cm³/mol. The van der Waals surface area contributed by atoms with Gasteiger partial charge < -0.3 is 14.2 Å². The summed E-state index contributed by atoms with van der Waals surface area (Å²) in [5.74, 6) is -0.146. The zero-order valence-electron chi connectivity index (χ0n) is 20.4. The average Bonchev–Trinajstić information content (AvgIpc) is 2.87. The Labute approximate surface area is 191 Å². The van der Waals surface area contributed by atoms with E-state index in [4.69, 9.17) is 14.2 Å². The number of esters is 3. The van der Waals surface area contributed by atoms with Crippen LogP contribution in [0.5, 0.6) is 0 Å². The molecular weight excluding hydrogens is 408 g/mol. The quantitative estimate of drug-likeness (QED) is 0.358. The van der Waals surface area contributed by atoms with Crippen molar-refractivity contribution in [3.63, 3.8) is 0 Å². The minimum Gasteiger partial charge on any atom is -0.462 e. The van der Waals surface area contributed by atoms with E-state index in [1.54, 1.807) is 0 Å². The molecular formula is C26H38O6. The Balaban J connectivity index is 1.82. The van der Waals surface area contributed by atoms with Crippen molar-refractivity contribution >= 4 is 17.9 Å². The lowest BCUT2D eigenvalue weighted by Gasteiger charge is -2.66. The molecule has 6 heteroatoms. The van der Waals surface area contributed by atoms with Gasteiger partial charge in [0.1, 0.15) is 18.3 Å². The molecule has 178 valence electrons. The Morgan fingerprint density at radius 3 is 2.03 bits per heavy atom. The van der Waals surface area contributed by atoms with Crippen molar-refractivity contribution in [2.45, 2.75) is 98.4 Å². The molecule has 0 N–H and O–H groups in total. The number of carbonyl (C=O) groups is 3. The van der Waals surface area contributed by atoms with Gasteiger partial charge in [-0.1, -0.05) is 27.4 Å². The SMILES string of the molecule is C=C1[C@@H]2CC[C@@H]3[C@@](C2)([C@@H]1OC(C)=O)[C@H](OC(C)=O)CC1C(C)(C)[C@H](OC(C)=O)CC[C@]13C. The van der Waals surface area contributed by atoms with Gasteiger partial charge in [-0.2, -0.15) is 0 Å². The summed E-state index contributed by atoms with van der Waals surface area (Å²) in [7, 11) is 0. The lowest BCUT2D eigenvalue weighted by molar-refractivity contribution is -0.248. The van der Waals surface area contributed by atoms with Crippen LogP contribution < -0.4 is 0 Å².